The second-order valence-electron chi connectivity index (χ2n) is 10.1. The summed E-state index contributed by atoms with van der Waals surface area (Å²) in [6.45, 7) is 12.3. The van der Waals surface area contributed by atoms with Crippen molar-refractivity contribution in [3.05, 3.63) is 96.2 Å². The SMILES string of the molecule is C=CC(=O)Nc1ccc(C)c(F)c1NC1=NC=CC(C)C(N(/C=C\N=C)CC(C)C2C=C(F)C/C(OC)=C\C(OC)=C/2F)=N1. The van der Waals surface area contributed by atoms with E-state index in [9.17, 15) is 9.18 Å². The standard InChI is InChI=1S/C32H37F3N6O3/c1-8-27(42)38-25-10-9-19(2)28(34)30(25)39-32-37-12-11-20(3)31(40-32)41(14-13-36-5)18-21(4)24-16-22(33)15-23(43-6)17-26(44-7)29(24)35/h8-14,16-17,20-21,24H,1,5,15,18H2,2-4,6-7H3,(H,37,39)(H,38,42)/b14-13-,22-16?,23-17+,29-26-. The van der Waals surface area contributed by atoms with Crippen molar-refractivity contribution >= 4 is 35.8 Å². The number of ether oxygens (including phenoxy) is 2. The van der Waals surface area contributed by atoms with Gasteiger partial charge in [0.2, 0.25) is 11.9 Å². The number of amides is 1. The second-order valence-corrected chi connectivity index (χ2v) is 10.1. The lowest BCUT2D eigenvalue weighted by Crippen LogP contribution is -2.36. The molecule has 0 saturated heterocycles. The van der Waals surface area contributed by atoms with E-state index in [2.05, 4.69) is 33.9 Å². The van der Waals surface area contributed by atoms with Gasteiger partial charge in [-0.15, -0.1) is 0 Å². The molecule has 3 atom stereocenters. The fraction of sp³-hybridized carbons (Fsp3) is 0.312. The maximum Gasteiger partial charge on any atom is 0.247 e. The maximum atomic E-state index is 15.7. The number of nitrogens with one attached hydrogen (secondary N) is 2. The van der Waals surface area contributed by atoms with Crippen molar-refractivity contribution in [1.29, 1.82) is 0 Å². The Kier molecular flexibility index (Phi) is 11.9. The predicted octanol–water partition coefficient (Wildman–Crippen LogP) is 6.93. The molecule has 2 aliphatic rings. The summed E-state index contributed by atoms with van der Waals surface area (Å²) in [4.78, 5) is 26.6. The van der Waals surface area contributed by atoms with E-state index in [0.29, 0.717) is 11.4 Å². The van der Waals surface area contributed by atoms with Crippen LogP contribution in [0.15, 0.2) is 99.8 Å². The molecule has 0 spiro atoms. The Hall–Kier alpha value is -4.87. The Morgan fingerprint density at radius 2 is 2.02 bits per heavy atom. The molecule has 1 heterocycles. The first kappa shape index (κ1) is 33.6. The molecule has 44 heavy (non-hydrogen) atoms. The van der Waals surface area contributed by atoms with Gasteiger partial charge < -0.3 is 25.0 Å². The molecule has 3 rings (SSSR count). The Labute approximate surface area is 255 Å². The van der Waals surface area contributed by atoms with Crippen LogP contribution in [-0.2, 0) is 14.3 Å². The summed E-state index contributed by atoms with van der Waals surface area (Å²) in [6.07, 6.45) is 9.86. The molecule has 12 heteroatoms. The van der Waals surface area contributed by atoms with E-state index in [0.717, 1.165) is 6.08 Å². The molecular weight excluding hydrogens is 573 g/mol. The van der Waals surface area contributed by atoms with Crippen molar-refractivity contribution in [2.24, 2.45) is 32.7 Å². The molecule has 9 nitrogen and oxygen atoms in total. The molecule has 1 aromatic rings. The van der Waals surface area contributed by atoms with Crippen molar-refractivity contribution in [3.63, 3.8) is 0 Å². The molecule has 3 unspecified atom stereocenters. The number of hydrogen-bond acceptors (Lipinski definition) is 8. The number of hydrogen-bond donors (Lipinski definition) is 2. The molecular formula is C32H37F3N6O3. The molecule has 0 bridgehead atoms. The van der Waals surface area contributed by atoms with Gasteiger partial charge in [0, 0.05) is 43.1 Å². The molecule has 0 radical (unpaired) electrons. The third kappa shape index (κ3) is 8.36. The third-order valence-corrected chi connectivity index (χ3v) is 6.96. The van der Waals surface area contributed by atoms with Gasteiger partial charge in [0.05, 0.1) is 26.3 Å². The molecule has 2 N–H and O–H groups in total. The van der Waals surface area contributed by atoms with E-state index in [1.807, 2.05) is 6.92 Å². The molecule has 0 aromatic heterocycles. The van der Waals surface area contributed by atoms with Crippen molar-refractivity contribution in [2.45, 2.75) is 27.2 Å². The Morgan fingerprint density at radius 1 is 1.27 bits per heavy atom. The number of guanidine groups is 1. The summed E-state index contributed by atoms with van der Waals surface area (Å²) in [5.74, 6) is -3.48. The van der Waals surface area contributed by atoms with Crippen LogP contribution in [-0.4, -0.2) is 50.1 Å². The van der Waals surface area contributed by atoms with Crippen LogP contribution >= 0.6 is 0 Å². The highest BCUT2D eigenvalue weighted by atomic mass is 19.1. The lowest BCUT2D eigenvalue weighted by Gasteiger charge is -2.30. The fourth-order valence-electron chi connectivity index (χ4n) is 4.56. The summed E-state index contributed by atoms with van der Waals surface area (Å²) in [6, 6.07) is 3.08. The highest BCUT2D eigenvalue weighted by Crippen LogP contribution is 2.34. The van der Waals surface area contributed by atoms with Crippen molar-refractivity contribution in [1.82, 2.24) is 4.90 Å². The number of rotatable bonds is 10. The summed E-state index contributed by atoms with van der Waals surface area (Å²) >= 11 is 0. The highest BCUT2D eigenvalue weighted by Gasteiger charge is 2.30. The summed E-state index contributed by atoms with van der Waals surface area (Å²) < 4.78 is 56.3. The number of halogens is 3. The lowest BCUT2D eigenvalue weighted by atomic mass is 9.89. The molecule has 1 amide bonds. The molecule has 1 aromatic carbocycles. The van der Waals surface area contributed by atoms with Crippen molar-refractivity contribution < 1.29 is 27.4 Å². The number of aliphatic imine (C=N–C) groups is 3. The minimum Gasteiger partial charge on any atom is -0.501 e. The van der Waals surface area contributed by atoms with Crippen LogP contribution in [0.25, 0.3) is 0 Å². The average Bonchev–Trinajstić information content (AvgIpc) is 3.19. The molecule has 234 valence electrons. The Bertz CT molecular complexity index is 1490. The van der Waals surface area contributed by atoms with Crippen LogP contribution in [0.1, 0.15) is 25.8 Å². The van der Waals surface area contributed by atoms with E-state index in [1.165, 1.54) is 44.8 Å². The number of anilines is 2. The van der Waals surface area contributed by atoms with E-state index >= 15 is 8.78 Å². The van der Waals surface area contributed by atoms with E-state index in [4.69, 9.17) is 14.5 Å². The molecule has 1 aliphatic heterocycles. The number of methoxy groups -OCH3 is 2. The van der Waals surface area contributed by atoms with E-state index in [1.54, 1.807) is 37.1 Å². The largest absolute Gasteiger partial charge is 0.501 e. The number of nitrogens with zero attached hydrogens (tertiary/aromatic N) is 4. The van der Waals surface area contributed by atoms with E-state index in [-0.39, 0.29) is 47.7 Å². The minimum atomic E-state index is -0.979. The van der Waals surface area contributed by atoms with Gasteiger partial charge in [0.1, 0.15) is 28.9 Å². The zero-order valence-corrected chi connectivity index (χ0v) is 25.4. The van der Waals surface area contributed by atoms with Crippen LogP contribution in [0.4, 0.5) is 24.5 Å². The lowest BCUT2D eigenvalue weighted by molar-refractivity contribution is -0.111. The van der Waals surface area contributed by atoms with Gasteiger partial charge in [-0.05, 0) is 43.3 Å². The molecule has 1 aliphatic carbocycles. The van der Waals surface area contributed by atoms with Gasteiger partial charge in [-0.1, -0.05) is 32.6 Å². The van der Waals surface area contributed by atoms with Crippen molar-refractivity contribution in [2.75, 3.05) is 31.4 Å². The third-order valence-electron chi connectivity index (χ3n) is 6.96. The number of amidine groups is 1. The van der Waals surface area contributed by atoms with Gasteiger partial charge in [0.15, 0.2) is 11.6 Å². The fourth-order valence-corrected chi connectivity index (χ4v) is 4.56. The monoisotopic (exact) mass is 610 g/mol. The number of benzene rings is 1. The predicted molar refractivity (Wildman–Crippen MR) is 169 cm³/mol. The van der Waals surface area contributed by atoms with Gasteiger partial charge in [0.25, 0.3) is 0 Å². The van der Waals surface area contributed by atoms with Crippen molar-refractivity contribution in [3.8, 4) is 0 Å². The maximum absolute atomic E-state index is 15.7. The minimum absolute atomic E-state index is 0.0266. The van der Waals surface area contributed by atoms with Crippen LogP contribution in [0.5, 0.6) is 0 Å². The van der Waals surface area contributed by atoms with Crippen LogP contribution in [0.2, 0.25) is 0 Å². The number of carbonyl (C=O) groups is 1. The topological polar surface area (TPSA) is 99.9 Å². The normalized spacial score (nSPS) is 22.2. The van der Waals surface area contributed by atoms with Gasteiger partial charge in [-0.2, -0.15) is 4.99 Å². The number of carbonyl (C=O) groups excluding carboxylic acids is 1. The summed E-state index contributed by atoms with van der Waals surface area (Å²) in [5.41, 5.74) is 0.463. The zero-order valence-electron chi connectivity index (χ0n) is 25.4. The number of aryl methyl sites for hydroxylation is 1. The van der Waals surface area contributed by atoms with Gasteiger partial charge >= 0.3 is 0 Å². The van der Waals surface area contributed by atoms with E-state index < -0.39 is 35.2 Å². The van der Waals surface area contributed by atoms with Crippen LogP contribution < -0.4 is 10.6 Å². The van der Waals surface area contributed by atoms with Gasteiger partial charge in [-0.3, -0.25) is 9.79 Å². The Balaban J connectivity index is 2.02. The van der Waals surface area contributed by atoms with Crippen LogP contribution in [0, 0.1) is 30.5 Å². The Morgan fingerprint density at radius 3 is 2.68 bits per heavy atom. The quantitative estimate of drug-likeness (QED) is 0.221. The summed E-state index contributed by atoms with van der Waals surface area (Å²) in [5, 5.41) is 5.48. The first-order valence-electron chi connectivity index (χ1n) is 13.8. The molecule has 0 saturated carbocycles. The first-order valence-corrected chi connectivity index (χ1v) is 13.8. The number of allylic oxidation sites excluding steroid dienone is 4. The smallest absolute Gasteiger partial charge is 0.247 e. The van der Waals surface area contributed by atoms with Gasteiger partial charge in [-0.25, -0.2) is 18.2 Å². The highest BCUT2D eigenvalue weighted by molar-refractivity contribution is 6.08. The summed E-state index contributed by atoms with van der Waals surface area (Å²) in [7, 11) is 2.71. The second kappa shape index (κ2) is 15.6. The van der Waals surface area contributed by atoms with Crippen LogP contribution in [0.3, 0.4) is 0 Å². The average molecular weight is 611 g/mol. The molecule has 0 fully saturated rings. The first-order chi connectivity index (χ1) is 21.0. The zero-order chi connectivity index (χ0) is 32.4.